The Morgan fingerprint density at radius 2 is 2.05 bits per heavy atom. The van der Waals surface area contributed by atoms with E-state index in [0.717, 1.165) is 0 Å². The van der Waals surface area contributed by atoms with Crippen molar-refractivity contribution in [3.63, 3.8) is 0 Å². The van der Waals surface area contributed by atoms with Gasteiger partial charge in [-0.25, -0.2) is 14.4 Å². The van der Waals surface area contributed by atoms with E-state index in [1.165, 1.54) is 6.07 Å². The van der Waals surface area contributed by atoms with Crippen LogP contribution in [-0.2, 0) is 17.8 Å². The van der Waals surface area contributed by atoms with Gasteiger partial charge in [-0.15, -0.1) is 0 Å². The number of anilines is 1. The van der Waals surface area contributed by atoms with Crippen LogP contribution >= 0.6 is 0 Å². The standard InChI is InChI=1S/C15H17FN4O/c1-20(2)15-17-8-7-12(19-15)10-18-14(21)9-11-5-3-4-6-13(11)16/h3-8H,9-10H2,1-2H3,(H,18,21). The SMILES string of the molecule is CN(C)c1nccc(CNC(=O)Cc2ccccc2F)n1. The van der Waals surface area contributed by atoms with Crippen molar-refractivity contribution in [3.05, 3.63) is 53.6 Å². The van der Waals surface area contributed by atoms with Gasteiger partial charge in [0.1, 0.15) is 5.82 Å². The largest absolute Gasteiger partial charge is 0.350 e. The number of nitrogens with one attached hydrogen (secondary N) is 1. The summed E-state index contributed by atoms with van der Waals surface area (Å²) in [5.74, 6) is -0.0365. The van der Waals surface area contributed by atoms with E-state index in [4.69, 9.17) is 0 Å². The normalized spacial score (nSPS) is 10.2. The first kappa shape index (κ1) is 14.9. The van der Waals surface area contributed by atoms with E-state index in [-0.39, 0.29) is 24.7 Å². The van der Waals surface area contributed by atoms with Crippen LogP contribution in [0.1, 0.15) is 11.3 Å². The summed E-state index contributed by atoms with van der Waals surface area (Å²) >= 11 is 0. The maximum absolute atomic E-state index is 13.4. The van der Waals surface area contributed by atoms with E-state index in [1.54, 1.807) is 35.4 Å². The predicted molar refractivity (Wildman–Crippen MR) is 78.3 cm³/mol. The van der Waals surface area contributed by atoms with Crippen molar-refractivity contribution in [2.45, 2.75) is 13.0 Å². The molecule has 1 N–H and O–H groups in total. The van der Waals surface area contributed by atoms with E-state index in [0.29, 0.717) is 17.2 Å². The second-order valence-corrected chi connectivity index (χ2v) is 4.79. The summed E-state index contributed by atoms with van der Waals surface area (Å²) in [6.45, 7) is 0.288. The fraction of sp³-hybridized carbons (Fsp3) is 0.267. The molecule has 0 aliphatic rings. The first-order chi connectivity index (χ1) is 10.1. The van der Waals surface area contributed by atoms with Crippen molar-refractivity contribution < 1.29 is 9.18 Å². The predicted octanol–water partition coefficient (Wildman–Crippen LogP) is 1.54. The van der Waals surface area contributed by atoms with Gasteiger partial charge in [0.05, 0.1) is 18.7 Å². The van der Waals surface area contributed by atoms with E-state index in [2.05, 4.69) is 15.3 Å². The molecule has 0 aliphatic carbocycles. The minimum atomic E-state index is -0.371. The van der Waals surface area contributed by atoms with Gasteiger partial charge in [-0.2, -0.15) is 0 Å². The average molecular weight is 288 g/mol. The lowest BCUT2D eigenvalue weighted by Crippen LogP contribution is -2.25. The smallest absolute Gasteiger partial charge is 0.225 e. The topological polar surface area (TPSA) is 58.1 Å². The number of aromatic nitrogens is 2. The molecule has 1 aromatic carbocycles. The molecule has 5 nitrogen and oxygen atoms in total. The van der Waals surface area contributed by atoms with Crippen molar-refractivity contribution in [1.29, 1.82) is 0 Å². The Bertz CT molecular complexity index is 631. The van der Waals surface area contributed by atoms with E-state index < -0.39 is 0 Å². The van der Waals surface area contributed by atoms with Crippen LogP contribution in [0.15, 0.2) is 36.5 Å². The van der Waals surface area contributed by atoms with Crippen LogP contribution in [0, 0.1) is 5.82 Å². The van der Waals surface area contributed by atoms with Gasteiger partial charge in [-0.1, -0.05) is 18.2 Å². The van der Waals surface area contributed by atoms with Crippen molar-refractivity contribution >= 4 is 11.9 Å². The summed E-state index contributed by atoms with van der Waals surface area (Å²) < 4.78 is 13.4. The molecule has 110 valence electrons. The molecule has 2 aromatic rings. The number of carbonyl (C=O) groups is 1. The molecule has 1 aromatic heterocycles. The number of benzene rings is 1. The first-order valence-electron chi connectivity index (χ1n) is 6.55. The molecule has 0 bridgehead atoms. The monoisotopic (exact) mass is 288 g/mol. The Kier molecular flexibility index (Phi) is 4.81. The Morgan fingerprint density at radius 3 is 2.76 bits per heavy atom. The Hall–Kier alpha value is -2.50. The number of halogens is 1. The first-order valence-corrected chi connectivity index (χ1v) is 6.55. The van der Waals surface area contributed by atoms with Crippen LogP contribution in [0.25, 0.3) is 0 Å². The maximum Gasteiger partial charge on any atom is 0.225 e. The molecule has 2 rings (SSSR count). The molecule has 0 spiro atoms. The second kappa shape index (κ2) is 6.78. The lowest BCUT2D eigenvalue weighted by Gasteiger charge is -2.11. The number of nitrogens with zero attached hydrogens (tertiary/aromatic N) is 3. The van der Waals surface area contributed by atoms with Crippen molar-refractivity contribution in [2.24, 2.45) is 0 Å². The molecule has 0 aliphatic heterocycles. The molecule has 0 atom stereocenters. The molecule has 1 heterocycles. The van der Waals surface area contributed by atoms with Gasteiger partial charge in [-0.05, 0) is 17.7 Å². The second-order valence-electron chi connectivity index (χ2n) is 4.79. The highest BCUT2D eigenvalue weighted by Crippen LogP contribution is 2.07. The van der Waals surface area contributed by atoms with E-state index in [9.17, 15) is 9.18 Å². The lowest BCUT2D eigenvalue weighted by atomic mass is 10.1. The van der Waals surface area contributed by atoms with Crippen molar-refractivity contribution in [2.75, 3.05) is 19.0 Å². The number of hydrogen-bond acceptors (Lipinski definition) is 4. The summed E-state index contributed by atoms with van der Waals surface area (Å²) in [4.78, 5) is 22.0. The van der Waals surface area contributed by atoms with Gasteiger partial charge in [-0.3, -0.25) is 4.79 Å². The van der Waals surface area contributed by atoms with Gasteiger partial charge >= 0.3 is 0 Å². The zero-order valence-electron chi connectivity index (χ0n) is 12.0. The summed E-state index contributed by atoms with van der Waals surface area (Å²) in [6, 6.07) is 7.98. The molecule has 6 heteroatoms. The number of rotatable bonds is 5. The van der Waals surface area contributed by atoms with Gasteiger partial charge in [0.2, 0.25) is 11.9 Å². The molecular formula is C15H17FN4O. The van der Waals surface area contributed by atoms with E-state index in [1.807, 2.05) is 14.1 Å². The molecule has 0 unspecified atom stereocenters. The fourth-order valence-electron chi connectivity index (χ4n) is 1.76. The van der Waals surface area contributed by atoms with Gasteiger partial charge in [0, 0.05) is 20.3 Å². The summed E-state index contributed by atoms with van der Waals surface area (Å²) in [5.41, 5.74) is 1.09. The third kappa shape index (κ3) is 4.24. The van der Waals surface area contributed by atoms with Crippen LogP contribution in [-0.4, -0.2) is 30.0 Å². The van der Waals surface area contributed by atoms with Crippen LogP contribution in [0.4, 0.5) is 10.3 Å². The van der Waals surface area contributed by atoms with Crippen LogP contribution in [0.5, 0.6) is 0 Å². The molecule has 0 radical (unpaired) electrons. The summed E-state index contributed by atoms with van der Waals surface area (Å²) in [5, 5.41) is 2.73. The minimum Gasteiger partial charge on any atom is -0.350 e. The maximum atomic E-state index is 13.4. The summed E-state index contributed by atoms with van der Waals surface area (Å²) in [7, 11) is 3.69. The van der Waals surface area contributed by atoms with Crippen molar-refractivity contribution in [1.82, 2.24) is 15.3 Å². The van der Waals surface area contributed by atoms with Gasteiger partial charge in [0.15, 0.2) is 0 Å². The zero-order valence-corrected chi connectivity index (χ0v) is 12.0. The average Bonchev–Trinajstić information content (AvgIpc) is 2.48. The Labute approximate surface area is 122 Å². The van der Waals surface area contributed by atoms with Gasteiger partial charge < -0.3 is 10.2 Å². The third-order valence-corrected chi connectivity index (χ3v) is 2.88. The molecule has 0 saturated heterocycles. The number of carbonyl (C=O) groups excluding carboxylic acids is 1. The Balaban J connectivity index is 1.92. The number of hydrogen-bond donors (Lipinski definition) is 1. The molecule has 0 saturated carbocycles. The van der Waals surface area contributed by atoms with Crippen LogP contribution in [0.2, 0.25) is 0 Å². The Morgan fingerprint density at radius 1 is 1.29 bits per heavy atom. The minimum absolute atomic E-state index is 0.0122. The molecule has 21 heavy (non-hydrogen) atoms. The highest BCUT2D eigenvalue weighted by molar-refractivity contribution is 5.78. The molecule has 1 amide bonds. The molecule has 0 fully saturated rings. The van der Waals surface area contributed by atoms with Crippen LogP contribution < -0.4 is 10.2 Å². The lowest BCUT2D eigenvalue weighted by molar-refractivity contribution is -0.120. The number of amides is 1. The van der Waals surface area contributed by atoms with Crippen LogP contribution in [0.3, 0.4) is 0 Å². The highest BCUT2D eigenvalue weighted by Gasteiger charge is 2.08. The summed E-state index contributed by atoms with van der Waals surface area (Å²) in [6.07, 6.45) is 1.65. The van der Waals surface area contributed by atoms with Gasteiger partial charge in [0.25, 0.3) is 0 Å². The zero-order chi connectivity index (χ0) is 15.2. The van der Waals surface area contributed by atoms with E-state index >= 15 is 0 Å². The fourth-order valence-corrected chi connectivity index (χ4v) is 1.76. The third-order valence-electron chi connectivity index (χ3n) is 2.88. The quantitative estimate of drug-likeness (QED) is 0.906. The molecular weight excluding hydrogens is 271 g/mol. The van der Waals surface area contributed by atoms with Crippen molar-refractivity contribution in [3.8, 4) is 0 Å². The highest BCUT2D eigenvalue weighted by atomic mass is 19.1.